The summed E-state index contributed by atoms with van der Waals surface area (Å²) in [6.45, 7) is 0. The Morgan fingerprint density at radius 2 is 2.00 bits per heavy atom. The van der Waals surface area contributed by atoms with Gasteiger partial charge in [-0.1, -0.05) is 0 Å². The summed E-state index contributed by atoms with van der Waals surface area (Å²) < 4.78 is 0.838. The van der Waals surface area contributed by atoms with Crippen LogP contribution in [0.2, 0.25) is 4.64 Å². The van der Waals surface area contributed by atoms with E-state index in [4.69, 9.17) is 12.2 Å². The molecule has 0 aliphatic heterocycles. The second-order valence-electron chi connectivity index (χ2n) is 2.02. The first-order valence-corrected chi connectivity index (χ1v) is 5.12. The molecule has 3 heteroatoms. The molecule has 0 saturated heterocycles. The molecule has 0 aromatic heterocycles. The summed E-state index contributed by atoms with van der Waals surface area (Å²) in [5.74, 6) is 0. The summed E-state index contributed by atoms with van der Waals surface area (Å²) in [4.78, 5) is 0.861. The molecule has 0 aliphatic rings. The number of anilines is 1. The predicted molar refractivity (Wildman–Crippen MR) is 47.5 cm³/mol. The first-order valence-electron chi connectivity index (χ1n) is 3.18. The van der Waals surface area contributed by atoms with E-state index in [1.54, 1.807) is 0 Å². The molecule has 0 fully saturated rings. The van der Waals surface area contributed by atoms with E-state index >= 15 is 0 Å². The van der Waals surface area contributed by atoms with E-state index in [2.05, 4.69) is 26.4 Å². The average molecular weight is 347 g/mol. The Hall–Kier alpha value is -0.150. The van der Waals surface area contributed by atoms with Gasteiger partial charge in [0.1, 0.15) is 0 Å². The monoisotopic (exact) mass is 347 g/mol. The molecule has 62 valence electrons. The Morgan fingerprint density at radius 1 is 1.36 bits per heavy atom. The fourth-order valence-electron chi connectivity index (χ4n) is 0.709. The summed E-state index contributed by atoms with van der Waals surface area (Å²) in [5.41, 5.74) is 1.06. The van der Waals surface area contributed by atoms with Gasteiger partial charge in [0.05, 0.1) is 0 Å². The van der Waals surface area contributed by atoms with Gasteiger partial charge in [-0.15, -0.1) is 0 Å². The van der Waals surface area contributed by atoms with E-state index in [0.29, 0.717) is 0 Å². The standard InChI is InChI=1S/C8H8NS.Au/c1-7(10)9-8-5-3-2-4-6-8;/h2-6H,1H2,(H,9,10);. The molecule has 0 unspecified atom stereocenters. The minimum atomic E-state index is 0.838. The van der Waals surface area contributed by atoms with Crippen LogP contribution in [0.4, 0.5) is 5.69 Å². The van der Waals surface area contributed by atoms with Crippen molar-refractivity contribution in [1.29, 1.82) is 0 Å². The van der Waals surface area contributed by atoms with E-state index in [-0.39, 0.29) is 0 Å². The van der Waals surface area contributed by atoms with Crippen molar-refractivity contribution in [3.8, 4) is 0 Å². The van der Waals surface area contributed by atoms with Gasteiger partial charge in [-0.2, -0.15) is 0 Å². The molecule has 1 nitrogen and oxygen atoms in total. The quantitative estimate of drug-likeness (QED) is 0.651. The molecule has 0 spiro atoms. The third-order valence-corrected chi connectivity index (χ3v) is 2.66. The minimum absolute atomic E-state index is 0.838. The van der Waals surface area contributed by atoms with Crippen molar-refractivity contribution in [2.75, 3.05) is 5.32 Å². The zero-order valence-electron chi connectivity index (χ0n) is 5.80. The number of hydrogen-bond donors (Lipinski definition) is 1. The van der Waals surface area contributed by atoms with Crippen molar-refractivity contribution in [3.63, 3.8) is 0 Å². The fraction of sp³-hybridized carbons (Fsp3) is 0.125. The Labute approximate surface area is 84.1 Å². The molecule has 1 rings (SSSR count). The van der Waals surface area contributed by atoms with Gasteiger partial charge in [0.15, 0.2) is 0 Å². The van der Waals surface area contributed by atoms with Gasteiger partial charge < -0.3 is 0 Å². The van der Waals surface area contributed by atoms with Gasteiger partial charge in [0.2, 0.25) is 0 Å². The predicted octanol–water partition coefficient (Wildman–Crippen LogP) is 2.39. The molecule has 0 heterocycles. The van der Waals surface area contributed by atoms with Crippen LogP contribution >= 0.6 is 12.2 Å². The van der Waals surface area contributed by atoms with Crippen LogP contribution in [0.3, 0.4) is 0 Å². The second kappa shape index (κ2) is 4.67. The van der Waals surface area contributed by atoms with Crippen LogP contribution in [0, 0.1) is 0 Å². The number of para-hydroxylation sites is 1. The average Bonchev–Trinajstić information content (AvgIpc) is 2.06. The molecular weight excluding hydrogens is 339 g/mol. The van der Waals surface area contributed by atoms with Gasteiger partial charge in [0.25, 0.3) is 0 Å². The zero-order chi connectivity index (χ0) is 8.10. The van der Waals surface area contributed by atoms with Crippen LogP contribution in [0.5, 0.6) is 0 Å². The molecule has 1 aromatic rings. The van der Waals surface area contributed by atoms with Gasteiger partial charge >= 0.3 is 84.2 Å². The van der Waals surface area contributed by atoms with E-state index in [9.17, 15) is 0 Å². The Kier molecular flexibility index (Phi) is 3.80. The summed E-state index contributed by atoms with van der Waals surface area (Å²) >= 11 is 7.42. The molecule has 0 atom stereocenters. The molecule has 0 amide bonds. The molecule has 0 bridgehead atoms. The van der Waals surface area contributed by atoms with E-state index in [0.717, 1.165) is 15.3 Å². The Balaban J connectivity index is 2.58. The normalized spacial score (nSPS) is 9.27. The zero-order valence-corrected chi connectivity index (χ0v) is 8.79. The number of benzene rings is 1. The third-order valence-electron chi connectivity index (χ3n) is 1.15. The molecule has 0 aliphatic carbocycles. The van der Waals surface area contributed by atoms with Crippen LogP contribution in [-0.4, -0.2) is 4.99 Å². The summed E-state index contributed by atoms with van der Waals surface area (Å²) in [6, 6.07) is 9.94. The van der Waals surface area contributed by atoms with E-state index in [1.807, 2.05) is 30.3 Å². The first kappa shape index (κ1) is 8.94. The third kappa shape index (κ3) is 3.16. The van der Waals surface area contributed by atoms with Crippen LogP contribution in [0.25, 0.3) is 0 Å². The first-order chi connectivity index (χ1) is 5.33. The Bertz CT molecular complexity index is 235. The number of hydrogen-bond acceptors (Lipinski definition) is 1. The van der Waals surface area contributed by atoms with Crippen molar-refractivity contribution in [3.05, 3.63) is 30.3 Å². The van der Waals surface area contributed by atoms with Gasteiger partial charge in [-0.05, 0) is 0 Å². The SMILES string of the molecule is S=C([CH2][Au])Nc1ccccc1. The van der Waals surface area contributed by atoms with Crippen molar-refractivity contribution in [2.24, 2.45) is 0 Å². The molecule has 0 saturated carbocycles. The van der Waals surface area contributed by atoms with Gasteiger partial charge in [-0.3, -0.25) is 0 Å². The maximum atomic E-state index is 5.01. The summed E-state index contributed by atoms with van der Waals surface area (Å²) in [6.07, 6.45) is 0. The second-order valence-corrected chi connectivity index (χ2v) is 3.28. The van der Waals surface area contributed by atoms with Crippen LogP contribution in [0.15, 0.2) is 30.3 Å². The van der Waals surface area contributed by atoms with E-state index in [1.165, 1.54) is 0 Å². The topological polar surface area (TPSA) is 12.0 Å². The fourth-order valence-corrected chi connectivity index (χ4v) is 1.02. The summed E-state index contributed by atoms with van der Waals surface area (Å²) in [7, 11) is 0. The van der Waals surface area contributed by atoms with Crippen molar-refractivity contribution >= 4 is 22.9 Å². The number of rotatable bonds is 2. The summed E-state index contributed by atoms with van der Waals surface area (Å²) in [5, 5.41) is 3.11. The van der Waals surface area contributed by atoms with Crippen LogP contribution in [-0.2, 0) is 21.1 Å². The van der Waals surface area contributed by atoms with Crippen molar-refractivity contribution in [1.82, 2.24) is 0 Å². The maximum absolute atomic E-state index is 5.01. The van der Waals surface area contributed by atoms with Gasteiger partial charge in [0, 0.05) is 0 Å². The van der Waals surface area contributed by atoms with E-state index < -0.39 is 0 Å². The molecule has 1 aromatic carbocycles. The molecule has 0 radical (unpaired) electrons. The van der Waals surface area contributed by atoms with Crippen LogP contribution in [0.1, 0.15) is 0 Å². The Morgan fingerprint density at radius 3 is 2.55 bits per heavy atom. The van der Waals surface area contributed by atoms with Crippen molar-refractivity contribution < 1.29 is 21.1 Å². The van der Waals surface area contributed by atoms with Crippen molar-refractivity contribution in [2.45, 2.75) is 4.64 Å². The molecule has 1 N–H and O–H groups in total. The number of nitrogens with one attached hydrogen (secondary N) is 1. The molecule has 11 heavy (non-hydrogen) atoms. The number of thiocarbonyl (C=S) groups is 1. The van der Waals surface area contributed by atoms with Gasteiger partial charge in [-0.25, -0.2) is 0 Å². The van der Waals surface area contributed by atoms with Crippen LogP contribution < -0.4 is 5.32 Å². The molecular formula is C8H8AuNS.